The number of benzene rings is 2. The van der Waals surface area contributed by atoms with Crippen LogP contribution in [0.25, 0.3) is 0 Å². The molecule has 0 fully saturated rings. The zero-order valence-corrected chi connectivity index (χ0v) is 11.0. The van der Waals surface area contributed by atoms with Crippen molar-refractivity contribution in [3.05, 3.63) is 53.8 Å². The van der Waals surface area contributed by atoms with Gasteiger partial charge in [0.25, 0.3) is 5.91 Å². The van der Waals surface area contributed by atoms with Crippen molar-refractivity contribution in [2.75, 3.05) is 17.7 Å². The predicted molar refractivity (Wildman–Crippen MR) is 76.1 cm³/mol. The van der Waals surface area contributed by atoms with E-state index in [4.69, 9.17) is 15.7 Å². The van der Waals surface area contributed by atoms with Gasteiger partial charge in [-0.3, -0.25) is 4.79 Å². The average Bonchev–Trinajstić information content (AvgIpc) is 2.47. The summed E-state index contributed by atoms with van der Waals surface area (Å²) in [5, 5.41) is 11.0. The van der Waals surface area contributed by atoms with E-state index in [1.54, 1.807) is 24.3 Å². The van der Waals surface area contributed by atoms with E-state index in [0.717, 1.165) is 6.07 Å². The zero-order valence-electron chi connectivity index (χ0n) is 11.0. The van der Waals surface area contributed by atoms with Crippen LogP contribution in [0.1, 0.15) is 5.56 Å². The van der Waals surface area contributed by atoms with Gasteiger partial charge in [-0.15, -0.1) is 0 Å². The molecule has 0 aliphatic heterocycles. The van der Waals surface area contributed by atoms with Gasteiger partial charge in [-0.25, -0.2) is 4.39 Å². The summed E-state index contributed by atoms with van der Waals surface area (Å²) >= 11 is 0. The van der Waals surface area contributed by atoms with Gasteiger partial charge in [0.2, 0.25) is 0 Å². The lowest BCUT2D eigenvalue weighted by Gasteiger charge is -2.08. The minimum Gasteiger partial charge on any atom is -0.484 e. The van der Waals surface area contributed by atoms with E-state index in [9.17, 15) is 9.18 Å². The number of nitriles is 1. The van der Waals surface area contributed by atoms with Gasteiger partial charge in [0.1, 0.15) is 11.6 Å². The number of rotatable bonds is 4. The van der Waals surface area contributed by atoms with Gasteiger partial charge in [0.15, 0.2) is 6.61 Å². The lowest BCUT2D eigenvalue weighted by atomic mass is 10.2. The summed E-state index contributed by atoms with van der Waals surface area (Å²) in [4.78, 5) is 11.7. The van der Waals surface area contributed by atoms with E-state index in [2.05, 4.69) is 5.32 Å². The first-order valence-corrected chi connectivity index (χ1v) is 6.06. The van der Waals surface area contributed by atoms with Gasteiger partial charge >= 0.3 is 0 Å². The maximum Gasteiger partial charge on any atom is 0.262 e. The molecule has 0 aliphatic carbocycles. The molecule has 2 rings (SSSR count). The molecule has 0 heterocycles. The molecule has 0 saturated heterocycles. The van der Waals surface area contributed by atoms with Crippen molar-refractivity contribution in [2.45, 2.75) is 0 Å². The van der Waals surface area contributed by atoms with Crippen LogP contribution in [0, 0.1) is 17.1 Å². The first kappa shape index (κ1) is 14.3. The number of nitrogens with two attached hydrogens (primary N) is 1. The van der Waals surface area contributed by atoms with Crippen LogP contribution < -0.4 is 15.8 Å². The fourth-order valence-corrected chi connectivity index (χ4v) is 1.63. The van der Waals surface area contributed by atoms with Gasteiger partial charge in [-0.2, -0.15) is 5.26 Å². The molecule has 21 heavy (non-hydrogen) atoms. The molecule has 6 heteroatoms. The number of hydrogen-bond donors (Lipinski definition) is 2. The van der Waals surface area contributed by atoms with Crippen molar-refractivity contribution in [3.63, 3.8) is 0 Å². The Morgan fingerprint density at radius 2 is 2.14 bits per heavy atom. The third-order valence-corrected chi connectivity index (χ3v) is 2.60. The Bertz CT molecular complexity index is 710. The van der Waals surface area contributed by atoms with E-state index in [1.807, 2.05) is 6.07 Å². The van der Waals surface area contributed by atoms with E-state index < -0.39 is 11.7 Å². The summed E-state index contributed by atoms with van der Waals surface area (Å²) in [6, 6.07) is 12.2. The first-order chi connectivity index (χ1) is 10.1. The molecule has 3 N–H and O–H groups in total. The number of carbonyl (C=O) groups is 1. The Morgan fingerprint density at radius 1 is 1.33 bits per heavy atom. The lowest BCUT2D eigenvalue weighted by molar-refractivity contribution is -0.118. The molecule has 0 atom stereocenters. The zero-order chi connectivity index (χ0) is 15.2. The van der Waals surface area contributed by atoms with Crippen LogP contribution in [0.2, 0.25) is 0 Å². The number of anilines is 2. The van der Waals surface area contributed by atoms with Crippen LogP contribution in [0.4, 0.5) is 15.8 Å². The van der Waals surface area contributed by atoms with Crippen molar-refractivity contribution < 1.29 is 13.9 Å². The van der Waals surface area contributed by atoms with E-state index >= 15 is 0 Å². The number of ether oxygens (including phenoxy) is 1. The van der Waals surface area contributed by atoms with E-state index in [1.165, 1.54) is 12.1 Å². The fourth-order valence-electron chi connectivity index (χ4n) is 1.63. The molecule has 0 bridgehead atoms. The third kappa shape index (κ3) is 3.94. The second-order valence-corrected chi connectivity index (χ2v) is 4.22. The quantitative estimate of drug-likeness (QED) is 0.844. The lowest BCUT2D eigenvalue weighted by Crippen LogP contribution is -2.20. The summed E-state index contributed by atoms with van der Waals surface area (Å²) in [7, 11) is 0. The second-order valence-electron chi connectivity index (χ2n) is 4.22. The molecule has 2 aromatic carbocycles. The Morgan fingerprint density at radius 3 is 2.81 bits per heavy atom. The maximum absolute atomic E-state index is 13.6. The number of halogens is 1. The molecule has 0 saturated carbocycles. The van der Waals surface area contributed by atoms with Crippen LogP contribution in [0.15, 0.2) is 42.5 Å². The minimum absolute atomic E-state index is 0.00447. The molecule has 0 radical (unpaired) electrons. The molecule has 0 aromatic heterocycles. The molecular formula is C15H12FN3O2. The highest BCUT2D eigenvalue weighted by atomic mass is 19.1. The van der Waals surface area contributed by atoms with E-state index in [-0.39, 0.29) is 17.9 Å². The molecule has 106 valence electrons. The molecular weight excluding hydrogens is 273 g/mol. The molecule has 0 unspecified atom stereocenters. The van der Waals surface area contributed by atoms with Crippen LogP contribution in [-0.2, 0) is 4.79 Å². The van der Waals surface area contributed by atoms with Crippen molar-refractivity contribution in [1.82, 2.24) is 0 Å². The smallest absolute Gasteiger partial charge is 0.262 e. The Kier molecular flexibility index (Phi) is 4.36. The largest absolute Gasteiger partial charge is 0.484 e. The highest BCUT2D eigenvalue weighted by Crippen LogP contribution is 2.16. The minimum atomic E-state index is -0.675. The first-order valence-electron chi connectivity index (χ1n) is 6.06. The summed E-state index contributed by atoms with van der Waals surface area (Å²) in [5.74, 6) is -0.738. The van der Waals surface area contributed by atoms with Crippen molar-refractivity contribution >= 4 is 17.3 Å². The topological polar surface area (TPSA) is 88.1 Å². The molecule has 2 aromatic rings. The maximum atomic E-state index is 13.6. The van der Waals surface area contributed by atoms with Crippen molar-refractivity contribution in [1.29, 1.82) is 5.26 Å². The number of nitrogens with zero attached hydrogens (tertiary/aromatic N) is 1. The van der Waals surface area contributed by atoms with Gasteiger partial charge in [0, 0.05) is 11.8 Å². The van der Waals surface area contributed by atoms with Crippen LogP contribution in [0.5, 0.6) is 5.75 Å². The SMILES string of the molecule is N#Cc1ccc(NC(=O)COc2cccc(N)c2)c(F)c1. The molecule has 5 nitrogen and oxygen atoms in total. The summed E-state index contributed by atoms with van der Waals surface area (Å²) in [6.07, 6.45) is 0. The van der Waals surface area contributed by atoms with Crippen LogP contribution >= 0.6 is 0 Å². The van der Waals surface area contributed by atoms with Crippen molar-refractivity contribution in [3.8, 4) is 11.8 Å². The van der Waals surface area contributed by atoms with Crippen molar-refractivity contribution in [2.24, 2.45) is 0 Å². The Hall–Kier alpha value is -3.07. The number of carbonyl (C=O) groups excluding carboxylic acids is 1. The summed E-state index contributed by atoms with van der Waals surface area (Å²) in [5.41, 5.74) is 6.28. The van der Waals surface area contributed by atoms with E-state index in [0.29, 0.717) is 11.4 Å². The summed E-state index contributed by atoms with van der Waals surface area (Å²) < 4.78 is 18.8. The highest BCUT2D eigenvalue weighted by Gasteiger charge is 2.08. The van der Waals surface area contributed by atoms with Gasteiger partial charge < -0.3 is 15.8 Å². The Balaban J connectivity index is 1.95. The van der Waals surface area contributed by atoms with Crippen LogP contribution in [-0.4, -0.2) is 12.5 Å². The molecule has 1 amide bonds. The number of amides is 1. The van der Waals surface area contributed by atoms with Gasteiger partial charge in [0.05, 0.1) is 17.3 Å². The monoisotopic (exact) mass is 285 g/mol. The number of nitrogen functional groups attached to an aromatic ring is 1. The number of hydrogen-bond acceptors (Lipinski definition) is 4. The standard InChI is InChI=1S/C15H12FN3O2/c16-13-6-10(8-17)4-5-14(13)19-15(20)9-21-12-3-1-2-11(18)7-12/h1-7H,9,18H2,(H,19,20). The predicted octanol–water partition coefficient (Wildman–Crippen LogP) is 2.30. The molecule has 0 spiro atoms. The molecule has 0 aliphatic rings. The second kappa shape index (κ2) is 6.39. The summed E-state index contributed by atoms with van der Waals surface area (Å²) in [6.45, 7) is -0.275. The normalized spacial score (nSPS) is 9.71. The van der Waals surface area contributed by atoms with Gasteiger partial charge in [-0.05, 0) is 30.3 Å². The van der Waals surface area contributed by atoms with Gasteiger partial charge in [-0.1, -0.05) is 6.07 Å². The fraction of sp³-hybridized carbons (Fsp3) is 0.0667. The highest BCUT2D eigenvalue weighted by molar-refractivity contribution is 5.92. The average molecular weight is 285 g/mol. The Labute approximate surface area is 120 Å². The van der Waals surface area contributed by atoms with Crippen LogP contribution in [0.3, 0.4) is 0 Å². The number of nitrogens with one attached hydrogen (secondary N) is 1. The third-order valence-electron chi connectivity index (χ3n) is 2.60.